The lowest BCUT2D eigenvalue weighted by Gasteiger charge is -2.51. The van der Waals surface area contributed by atoms with Crippen LogP contribution in [0.3, 0.4) is 0 Å². The summed E-state index contributed by atoms with van der Waals surface area (Å²) >= 11 is 0. The van der Waals surface area contributed by atoms with E-state index in [2.05, 4.69) is 38.0 Å². The van der Waals surface area contributed by atoms with Crippen LogP contribution in [0.4, 0.5) is 8.78 Å². The predicted octanol–water partition coefficient (Wildman–Crippen LogP) is 5.26. The molecule has 134 valence electrons. The van der Waals surface area contributed by atoms with Crippen molar-refractivity contribution in [3.63, 3.8) is 0 Å². The van der Waals surface area contributed by atoms with Gasteiger partial charge in [0, 0.05) is 28.1 Å². The van der Waals surface area contributed by atoms with Crippen molar-refractivity contribution >= 4 is 10.9 Å². The standard InChI is InChI=1S/C22H22F2N2/c1-21(2)18-15(8-6-9-16(18)23)19(26-22(21,3)4)14-11-13-7-5-10-17(24)20(13)25-12-14/h5-12,19,26H,1-4H3. The van der Waals surface area contributed by atoms with Crippen molar-refractivity contribution in [1.29, 1.82) is 0 Å². The molecule has 4 rings (SSSR count). The molecule has 0 spiro atoms. The van der Waals surface area contributed by atoms with Gasteiger partial charge in [-0.05, 0) is 43.2 Å². The number of fused-ring (bicyclic) bond motifs is 2. The highest BCUT2D eigenvalue weighted by Crippen LogP contribution is 2.46. The quantitative estimate of drug-likeness (QED) is 0.646. The number of nitrogens with one attached hydrogen (secondary N) is 1. The van der Waals surface area contributed by atoms with E-state index in [9.17, 15) is 8.78 Å². The van der Waals surface area contributed by atoms with Crippen molar-refractivity contribution in [3.05, 3.63) is 77.0 Å². The molecule has 1 aromatic heterocycles. The van der Waals surface area contributed by atoms with E-state index in [0.717, 1.165) is 22.1 Å². The van der Waals surface area contributed by atoms with E-state index in [-0.39, 0.29) is 28.6 Å². The van der Waals surface area contributed by atoms with E-state index in [1.807, 2.05) is 18.2 Å². The Morgan fingerprint density at radius 2 is 1.65 bits per heavy atom. The minimum atomic E-state index is -0.388. The summed E-state index contributed by atoms with van der Waals surface area (Å²) in [5, 5.41) is 4.40. The second kappa shape index (κ2) is 5.58. The van der Waals surface area contributed by atoms with Crippen LogP contribution >= 0.6 is 0 Å². The van der Waals surface area contributed by atoms with E-state index in [4.69, 9.17) is 0 Å². The van der Waals surface area contributed by atoms with Gasteiger partial charge in [0.15, 0.2) is 0 Å². The Morgan fingerprint density at radius 3 is 2.42 bits per heavy atom. The van der Waals surface area contributed by atoms with Gasteiger partial charge in [0.1, 0.15) is 17.2 Å². The summed E-state index contributed by atoms with van der Waals surface area (Å²) in [6.45, 7) is 8.30. The third-order valence-corrected chi connectivity index (χ3v) is 6.07. The van der Waals surface area contributed by atoms with Gasteiger partial charge in [-0.1, -0.05) is 38.1 Å². The molecule has 1 unspecified atom stereocenters. The van der Waals surface area contributed by atoms with Gasteiger partial charge in [-0.15, -0.1) is 0 Å². The van der Waals surface area contributed by atoms with Crippen LogP contribution in [0.15, 0.2) is 48.7 Å². The third-order valence-electron chi connectivity index (χ3n) is 6.07. The topological polar surface area (TPSA) is 24.9 Å². The Balaban J connectivity index is 1.94. The fourth-order valence-corrected chi connectivity index (χ4v) is 3.93. The molecule has 2 heterocycles. The number of rotatable bonds is 1. The molecular weight excluding hydrogens is 330 g/mol. The van der Waals surface area contributed by atoms with E-state index >= 15 is 0 Å². The highest BCUT2D eigenvalue weighted by Gasteiger charge is 2.47. The predicted molar refractivity (Wildman–Crippen MR) is 100 cm³/mol. The number of aromatic nitrogens is 1. The minimum absolute atomic E-state index is 0.188. The number of pyridine rings is 1. The van der Waals surface area contributed by atoms with Crippen molar-refractivity contribution in [2.75, 3.05) is 0 Å². The monoisotopic (exact) mass is 352 g/mol. The fourth-order valence-electron chi connectivity index (χ4n) is 3.93. The Hall–Kier alpha value is -2.33. The van der Waals surface area contributed by atoms with Crippen LogP contribution in [0.25, 0.3) is 10.9 Å². The fraction of sp³-hybridized carbons (Fsp3) is 0.318. The lowest BCUT2D eigenvalue weighted by molar-refractivity contribution is 0.194. The molecule has 4 heteroatoms. The SMILES string of the molecule is CC1(C)NC(c2cnc3c(F)cccc3c2)c2cccc(F)c2C1(C)C. The van der Waals surface area contributed by atoms with Crippen LogP contribution in [-0.4, -0.2) is 10.5 Å². The molecule has 3 aromatic rings. The van der Waals surface area contributed by atoms with E-state index in [0.29, 0.717) is 5.52 Å². The lowest BCUT2D eigenvalue weighted by atomic mass is 9.64. The first-order valence-corrected chi connectivity index (χ1v) is 8.83. The molecule has 26 heavy (non-hydrogen) atoms. The zero-order valence-electron chi connectivity index (χ0n) is 15.4. The average Bonchev–Trinajstić information content (AvgIpc) is 2.58. The zero-order valence-corrected chi connectivity index (χ0v) is 15.4. The molecule has 1 aliphatic rings. The number of benzene rings is 2. The van der Waals surface area contributed by atoms with Crippen molar-refractivity contribution in [2.45, 2.75) is 44.7 Å². The summed E-state index contributed by atoms with van der Waals surface area (Å²) in [5.41, 5.74) is 2.16. The van der Waals surface area contributed by atoms with Crippen LogP contribution in [-0.2, 0) is 5.41 Å². The van der Waals surface area contributed by atoms with Crippen molar-refractivity contribution in [1.82, 2.24) is 10.3 Å². The molecule has 0 radical (unpaired) electrons. The third kappa shape index (κ3) is 2.36. The van der Waals surface area contributed by atoms with Gasteiger partial charge < -0.3 is 5.32 Å². The van der Waals surface area contributed by atoms with Gasteiger partial charge in [-0.25, -0.2) is 8.78 Å². The molecule has 0 bridgehead atoms. The Morgan fingerprint density at radius 1 is 0.962 bits per heavy atom. The highest BCUT2D eigenvalue weighted by molar-refractivity contribution is 5.79. The highest BCUT2D eigenvalue weighted by atomic mass is 19.1. The van der Waals surface area contributed by atoms with Crippen LogP contribution in [0.2, 0.25) is 0 Å². The molecule has 0 aliphatic carbocycles. The second-order valence-electron chi connectivity index (χ2n) is 8.11. The van der Waals surface area contributed by atoms with Crippen LogP contribution < -0.4 is 5.32 Å². The number of hydrogen-bond donors (Lipinski definition) is 1. The average molecular weight is 352 g/mol. The smallest absolute Gasteiger partial charge is 0.149 e. The van der Waals surface area contributed by atoms with Crippen LogP contribution in [0, 0.1) is 11.6 Å². The van der Waals surface area contributed by atoms with E-state index in [1.54, 1.807) is 18.3 Å². The van der Waals surface area contributed by atoms with Gasteiger partial charge in [-0.3, -0.25) is 4.98 Å². The molecule has 1 aliphatic heterocycles. The number of halogens is 2. The maximum atomic E-state index is 14.8. The maximum absolute atomic E-state index is 14.8. The minimum Gasteiger partial charge on any atom is -0.300 e. The molecule has 0 amide bonds. The second-order valence-corrected chi connectivity index (χ2v) is 8.11. The summed E-state index contributed by atoms with van der Waals surface area (Å²) in [6, 6.07) is 11.9. The molecule has 0 saturated carbocycles. The molecule has 2 nitrogen and oxygen atoms in total. The van der Waals surface area contributed by atoms with E-state index < -0.39 is 0 Å². The van der Waals surface area contributed by atoms with Crippen molar-refractivity contribution in [3.8, 4) is 0 Å². The van der Waals surface area contributed by atoms with Crippen molar-refractivity contribution < 1.29 is 8.78 Å². The summed E-state index contributed by atoms with van der Waals surface area (Å²) in [4.78, 5) is 4.33. The van der Waals surface area contributed by atoms with Gasteiger partial charge >= 0.3 is 0 Å². The number of para-hydroxylation sites is 1. The van der Waals surface area contributed by atoms with E-state index in [1.165, 1.54) is 12.1 Å². The Kier molecular flexibility index (Phi) is 3.67. The first-order chi connectivity index (χ1) is 12.2. The van der Waals surface area contributed by atoms with Gasteiger partial charge in [0.2, 0.25) is 0 Å². The van der Waals surface area contributed by atoms with Gasteiger partial charge in [0.25, 0.3) is 0 Å². The Labute approximate surface area is 152 Å². The molecule has 1 atom stereocenters. The molecule has 0 fully saturated rings. The Bertz CT molecular complexity index is 1010. The van der Waals surface area contributed by atoms with Gasteiger partial charge in [0.05, 0.1) is 6.04 Å². The summed E-state index contributed by atoms with van der Waals surface area (Å²) < 4.78 is 28.8. The normalized spacial score (nSPS) is 20.8. The zero-order chi connectivity index (χ0) is 18.7. The van der Waals surface area contributed by atoms with Crippen molar-refractivity contribution in [2.24, 2.45) is 0 Å². The van der Waals surface area contributed by atoms with Gasteiger partial charge in [-0.2, -0.15) is 0 Å². The number of nitrogens with zero attached hydrogens (tertiary/aromatic N) is 1. The largest absolute Gasteiger partial charge is 0.300 e. The summed E-state index contributed by atoms with van der Waals surface area (Å²) in [6.07, 6.45) is 1.69. The molecule has 1 N–H and O–H groups in total. The van der Waals surface area contributed by atoms with Crippen LogP contribution in [0.5, 0.6) is 0 Å². The molecular formula is C22H22F2N2. The first kappa shape index (κ1) is 17.1. The molecule has 0 saturated heterocycles. The first-order valence-electron chi connectivity index (χ1n) is 8.83. The maximum Gasteiger partial charge on any atom is 0.149 e. The summed E-state index contributed by atoms with van der Waals surface area (Å²) in [5.74, 6) is -0.523. The summed E-state index contributed by atoms with van der Waals surface area (Å²) in [7, 11) is 0. The lowest BCUT2D eigenvalue weighted by Crippen LogP contribution is -2.59. The number of hydrogen-bond acceptors (Lipinski definition) is 2. The molecule has 2 aromatic carbocycles. The van der Waals surface area contributed by atoms with Crippen LogP contribution in [0.1, 0.15) is 50.4 Å².